The minimum Gasteiger partial charge on any atom is -0.388 e. The number of nitrogens with one attached hydrogen (secondary N) is 1. The Morgan fingerprint density at radius 3 is 2.58 bits per heavy atom. The van der Waals surface area contributed by atoms with E-state index in [-0.39, 0.29) is 5.69 Å². The highest BCUT2D eigenvalue weighted by atomic mass is 16.1. The lowest BCUT2D eigenvalue weighted by molar-refractivity contribution is 0.0995. The number of aromatic nitrogens is 2. The number of amides is 1. The van der Waals surface area contributed by atoms with E-state index in [2.05, 4.69) is 40.4 Å². The molecule has 0 radical (unpaired) electrons. The van der Waals surface area contributed by atoms with Crippen LogP contribution in [0.5, 0.6) is 0 Å². The summed E-state index contributed by atoms with van der Waals surface area (Å²) in [5.41, 5.74) is 11.7. The van der Waals surface area contributed by atoms with Gasteiger partial charge in [-0.15, -0.1) is 0 Å². The summed E-state index contributed by atoms with van der Waals surface area (Å²) in [5, 5.41) is 3.15. The molecule has 0 spiro atoms. The molecule has 1 aromatic carbocycles. The Morgan fingerprint density at radius 1 is 1.04 bits per heavy atom. The number of pyridine rings is 2. The van der Waals surface area contributed by atoms with Crippen LogP contribution in [0.1, 0.15) is 16.1 Å². The summed E-state index contributed by atoms with van der Waals surface area (Å²) in [6, 6.07) is 11.8. The third-order valence-corrected chi connectivity index (χ3v) is 3.92. The van der Waals surface area contributed by atoms with Crippen LogP contribution < -0.4 is 11.1 Å². The Labute approximate surface area is 140 Å². The van der Waals surface area contributed by atoms with Crippen LogP contribution >= 0.6 is 0 Å². The first-order valence-corrected chi connectivity index (χ1v) is 7.58. The van der Waals surface area contributed by atoms with Crippen LogP contribution in [0, 0.1) is 6.92 Å². The Balaban J connectivity index is 2.07. The highest BCUT2D eigenvalue weighted by Gasteiger charge is 2.08. The molecule has 0 aliphatic heterocycles. The Bertz CT molecular complexity index is 905. The SMILES string of the molecule is CNc1ccc(C)c(-c2cncc(-c3ccnc(C(N)=O)c3)c2)c1. The minimum absolute atomic E-state index is 0.242. The van der Waals surface area contributed by atoms with Crippen LogP contribution in [0.3, 0.4) is 0 Å². The lowest BCUT2D eigenvalue weighted by Gasteiger charge is -2.10. The second kappa shape index (κ2) is 6.50. The van der Waals surface area contributed by atoms with Gasteiger partial charge in [-0.25, -0.2) is 0 Å². The monoisotopic (exact) mass is 318 g/mol. The lowest BCUT2D eigenvalue weighted by atomic mass is 9.98. The van der Waals surface area contributed by atoms with Crippen molar-refractivity contribution >= 4 is 11.6 Å². The van der Waals surface area contributed by atoms with Crippen LogP contribution in [-0.2, 0) is 0 Å². The van der Waals surface area contributed by atoms with Crippen molar-refractivity contribution in [3.8, 4) is 22.3 Å². The largest absolute Gasteiger partial charge is 0.388 e. The molecular weight excluding hydrogens is 300 g/mol. The molecule has 3 rings (SSSR count). The number of hydrogen-bond acceptors (Lipinski definition) is 4. The summed E-state index contributed by atoms with van der Waals surface area (Å²) in [6.07, 6.45) is 5.18. The summed E-state index contributed by atoms with van der Waals surface area (Å²) >= 11 is 0. The van der Waals surface area contributed by atoms with E-state index in [0.29, 0.717) is 0 Å². The van der Waals surface area contributed by atoms with Gasteiger partial charge in [0.1, 0.15) is 5.69 Å². The zero-order valence-corrected chi connectivity index (χ0v) is 13.6. The average Bonchev–Trinajstić information content (AvgIpc) is 2.62. The molecule has 0 fully saturated rings. The van der Waals surface area contributed by atoms with Gasteiger partial charge in [0.2, 0.25) is 0 Å². The van der Waals surface area contributed by atoms with E-state index >= 15 is 0 Å². The lowest BCUT2D eigenvalue weighted by Crippen LogP contribution is -2.12. The third-order valence-electron chi connectivity index (χ3n) is 3.92. The quantitative estimate of drug-likeness (QED) is 0.773. The molecule has 120 valence electrons. The average molecular weight is 318 g/mol. The zero-order valence-electron chi connectivity index (χ0n) is 13.6. The van der Waals surface area contributed by atoms with Gasteiger partial charge >= 0.3 is 0 Å². The van der Waals surface area contributed by atoms with Crippen molar-refractivity contribution in [2.24, 2.45) is 5.73 Å². The van der Waals surface area contributed by atoms with Gasteiger partial charge < -0.3 is 11.1 Å². The van der Waals surface area contributed by atoms with Gasteiger partial charge in [-0.1, -0.05) is 6.07 Å². The summed E-state index contributed by atoms with van der Waals surface area (Å²) < 4.78 is 0. The van der Waals surface area contributed by atoms with Crippen molar-refractivity contribution in [1.29, 1.82) is 0 Å². The van der Waals surface area contributed by atoms with Crippen molar-refractivity contribution < 1.29 is 4.79 Å². The van der Waals surface area contributed by atoms with Gasteiger partial charge in [-0.05, 0) is 53.9 Å². The molecule has 0 aliphatic rings. The van der Waals surface area contributed by atoms with E-state index in [4.69, 9.17) is 5.73 Å². The molecule has 5 heteroatoms. The van der Waals surface area contributed by atoms with Crippen LogP contribution in [0.4, 0.5) is 5.69 Å². The fourth-order valence-corrected chi connectivity index (χ4v) is 2.58. The van der Waals surface area contributed by atoms with Crippen molar-refractivity contribution in [2.75, 3.05) is 12.4 Å². The number of carbonyl (C=O) groups is 1. The number of primary amides is 1. The number of benzene rings is 1. The molecule has 0 atom stereocenters. The molecule has 0 unspecified atom stereocenters. The molecule has 2 aromatic heterocycles. The number of hydrogen-bond donors (Lipinski definition) is 2. The van der Waals surface area contributed by atoms with Crippen molar-refractivity contribution in [1.82, 2.24) is 9.97 Å². The number of anilines is 1. The topological polar surface area (TPSA) is 80.9 Å². The van der Waals surface area contributed by atoms with Crippen molar-refractivity contribution in [3.05, 3.63) is 66.2 Å². The fourth-order valence-electron chi connectivity index (χ4n) is 2.58. The number of carbonyl (C=O) groups excluding carboxylic acids is 1. The van der Waals surface area contributed by atoms with E-state index in [1.54, 1.807) is 18.5 Å². The maximum atomic E-state index is 11.3. The first-order chi connectivity index (χ1) is 11.6. The molecule has 2 heterocycles. The van der Waals surface area contributed by atoms with Crippen molar-refractivity contribution in [2.45, 2.75) is 6.92 Å². The summed E-state index contributed by atoms with van der Waals surface area (Å²) in [4.78, 5) is 19.7. The zero-order chi connectivity index (χ0) is 17.1. The molecule has 3 N–H and O–H groups in total. The number of aryl methyl sites for hydroxylation is 1. The molecule has 0 bridgehead atoms. The van der Waals surface area contributed by atoms with Gasteiger partial charge in [-0.3, -0.25) is 14.8 Å². The van der Waals surface area contributed by atoms with Crippen LogP contribution in [0.25, 0.3) is 22.3 Å². The van der Waals surface area contributed by atoms with Crippen LogP contribution in [-0.4, -0.2) is 22.9 Å². The number of nitrogens with zero attached hydrogens (tertiary/aromatic N) is 2. The number of rotatable bonds is 4. The molecule has 0 saturated heterocycles. The summed E-state index contributed by atoms with van der Waals surface area (Å²) in [6.45, 7) is 2.07. The van der Waals surface area contributed by atoms with E-state index in [0.717, 1.165) is 27.9 Å². The highest BCUT2D eigenvalue weighted by molar-refractivity contribution is 5.92. The first-order valence-electron chi connectivity index (χ1n) is 7.58. The highest BCUT2D eigenvalue weighted by Crippen LogP contribution is 2.29. The van der Waals surface area contributed by atoms with E-state index in [9.17, 15) is 4.79 Å². The van der Waals surface area contributed by atoms with Gasteiger partial charge in [-0.2, -0.15) is 0 Å². The summed E-state index contributed by atoms with van der Waals surface area (Å²) in [7, 11) is 1.89. The van der Waals surface area contributed by atoms with Gasteiger partial charge in [0.05, 0.1) is 0 Å². The maximum absolute atomic E-state index is 11.3. The normalized spacial score (nSPS) is 10.4. The van der Waals surface area contributed by atoms with E-state index in [1.165, 1.54) is 5.56 Å². The second-order valence-electron chi connectivity index (χ2n) is 5.54. The van der Waals surface area contributed by atoms with Crippen LogP contribution in [0.15, 0.2) is 55.0 Å². The Kier molecular flexibility index (Phi) is 4.24. The van der Waals surface area contributed by atoms with Gasteiger partial charge in [0, 0.05) is 42.5 Å². The smallest absolute Gasteiger partial charge is 0.267 e. The fraction of sp³-hybridized carbons (Fsp3) is 0.105. The maximum Gasteiger partial charge on any atom is 0.267 e. The summed E-state index contributed by atoms with van der Waals surface area (Å²) in [5.74, 6) is -0.543. The molecule has 0 aliphatic carbocycles. The molecule has 5 nitrogen and oxygen atoms in total. The Morgan fingerprint density at radius 2 is 1.83 bits per heavy atom. The predicted octanol–water partition coefficient (Wildman–Crippen LogP) is 3.26. The van der Waals surface area contributed by atoms with Crippen molar-refractivity contribution in [3.63, 3.8) is 0 Å². The molecular formula is C19H18N4O. The predicted molar refractivity (Wildman–Crippen MR) is 95.7 cm³/mol. The molecule has 24 heavy (non-hydrogen) atoms. The Hall–Kier alpha value is -3.21. The molecule has 1 amide bonds. The molecule has 3 aromatic rings. The van der Waals surface area contributed by atoms with E-state index < -0.39 is 5.91 Å². The minimum atomic E-state index is -0.543. The van der Waals surface area contributed by atoms with Crippen LogP contribution in [0.2, 0.25) is 0 Å². The molecule has 0 saturated carbocycles. The second-order valence-corrected chi connectivity index (χ2v) is 5.54. The van der Waals surface area contributed by atoms with Gasteiger partial charge in [0.15, 0.2) is 0 Å². The standard InChI is InChI=1S/C19H18N4O/c1-12-3-4-16(21-2)9-17(12)15-7-14(10-22-11-15)13-5-6-23-18(8-13)19(20)24/h3-11,21H,1-2H3,(H2,20,24). The van der Waals surface area contributed by atoms with E-state index in [1.807, 2.05) is 25.4 Å². The third kappa shape index (κ3) is 3.10. The first kappa shape index (κ1) is 15.7. The van der Waals surface area contributed by atoms with Gasteiger partial charge in [0.25, 0.3) is 5.91 Å². The number of nitrogens with two attached hydrogens (primary N) is 1.